The molecule has 3 nitrogen and oxygen atoms in total. The maximum atomic E-state index is 6.01. The van der Waals surface area contributed by atoms with E-state index >= 15 is 0 Å². The molecule has 1 aliphatic heterocycles. The lowest BCUT2D eigenvalue weighted by Crippen LogP contribution is -3.06. The van der Waals surface area contributed by atoms with Gasteiger partial charge in [-0.2, -0.15) is 0 Å². The number of quaternary nitrogens is 1. The second-order valence-corrected chi connectivity index (χ2v) is 8.76. The van der Waals surface area contributed by atoms with Crippen LogP contribution in [0.3, 0.4) is 0 Å². The number of nitrogens with one attached hydrogen (secondary N) is 2. The summed E-state index contributed by atoms with van der Waals surface area (Å²) >= 11 is 17.5. The molecular weight excluding hydrogens is 337 g/mol. The van der Waals surface area contributed by atoms with Crippen LogP contribution in [0.2, 0.25) is 10.0 Å². The zero-order chi connectivity index (χ0) is 16.5. The molecule has 0 unspecified atom stereocenters. The maximum Gasteiger partial charge on any atom is 0.171 e. The van der Waals surface area contributed by atoms with E-state index in [1.807, 2.05) is 12.1 Å². The van der Waals surface area contributed by atoms with Crippen LogP contribution in [0.5, 0.6) is 0 Å². The number of nitrogens with two attached hydrogens (primary N) is 1. The average molecular weight is 361 g/mol. The van der Waals surface area contributed by atoms with E-state index in [4.69, 9.17) is 35.4 Å². The number of hydrogen-bond donors (Lipinski definition) is 3. The van der Waals surface area contributed by atoms with Crippen molar-refractivity contribution in [1.29, 1.82) is 0 Å². The predicted molar refractivity (Wildman–Crippen MR) is 98.9 cm³/mol. The van der Waals surface area contributed by atoms with Crippen molar-refractivity contribution in [3.63, 3.8) is 0 Å². The average Bonchev–Trinajstić information content (AvgIpc) is 2.21. The van der Waals surface area contributed by atoms with Crippen molar-refractivity contribution >= 4 is 46.2 Å². The van der Waals surface area contributed by atoms with Gasteiger partial charge in [0.1, 0.15) is 0 Å². The van der Waals surface area contributed by atoms with Gasteiger partial charge in [0.2, 0.25) is 0 Å². The van der Waals surface area contributed by atoms with Crippen molar-refractivity contribution in [2.24, 2.45) is 0 Å². The highest BCUT2D eigenvalue weighted by Gasteiger charge is 2.41. The summed E-state index contributed by atoms with van der Waals surface area (Å²) in [6, 6.07) is 5.67. The Bertz CT molecular complexity index is 536. The van der Waals surface area contributed by atoms with Crippen LogP contribution in [0.25, 0.3) is 0 Å². The molecule has 0 amide bonds. The van der Waals surface area contributed by atoms with Gasteiger partial charge >= 0.3 is 0 Å². The number of piperidine rings is 1. The summed E-state index contributed by atoms with van der Waals surface area (Å²) in [7, 11) is 0. The molecule has 0 atom stereocenters. The van der Waals surface area contributed by atoms with Crippen LogP contribution in [0, 0.1) is 0 Å². The highest BCUT2D eigenvalue weighted by atomic mass is 35.5. The van der Waals surface area contributed by atoms with E-state index in [0.717, 1.165) is 18.5 Å². The van der Waals surface area contributed by atoms with E-state index in [2.05, 4.69) is 43.6 Å². The summed E-state index contributed by atoms with van der Waals surface area (Å²) in [6.07, 6.45) is 2.13. The van der Waals surface area contributed by atoms with Gasteiger partial charge in [-0.25, -0.2) is 0 Å². The summed E-state index contributed by atoms with van der Waals surface area (Å²) in [6.45, 7) is 9.09. The van der Waals surface area contributed by atoms with Crippen LogP contribution in [-0.4, -0.2) is 22.2 Å². The van der Waals surface area contributed by atoms with Crippen LogP contribution in [0.4, 0.5) is 5.69 Å². The Morgan fingerprint density at radius 1 is 1.09 bits per heavy atom. The van der Waals surface area contributed by atoms with E-state index in [-0.39, 0.29) is 11.1 Å². The maximum absolute atomic E-state index is 6.01. The molecular formula is C16H24Cl2N3S+. The van der Waals surface area contributed by atoms with Gasteiger partial charge in [-0.05, 0) is 58.1 Å². The number of halogens is 2. The molecule has 0 saturated carbocycles. The van der Waals surface area contributed by atoms with Crippen molar-refractivity contribution in [3.05, 3.63) is 28.2 Å². The fourth-order valence-corrected chi connectivity index (χ4v) is 4.41. The monoisotopic (exact) mass is 360 g/mol. The van der Waals surface area contributed by atoms with Crippen LogP contribution < -0.4 is 16.0 Å². The first-order valence-electron chi connectivity index (χ1n) is 7.45. The highest BCUT2D eigenvalue weighted by molar-refractivity contribution is 7.80. The number of benzene rings is 1. The molecule has 4 N–H and O–H groups in total. The van der Waals surface area contributed by atoms with E-state index in [1.165, 1.54) is 0 Å². The molecule has 1 aromatic carbocycles. The largest absolute Gasteiger partial charge is 0.359 e. The Kier molecular flexibility index (Phi) is 5.27. The van der Waals surface area contributed by atoms with E-state index < -0.39 is 0 Å². The van der Waals surface area contributed by atoms with Gasteiger partial charge in [0.15, 0.2) is 5.11 Å². The molecule has 6 heteroatoms. The van der Waals surface area contributed by atoms with Crippen molar-refractivity contribution in [1.82, 2.24) is 5.32 Å². The summed E-state index contributed by atoms with van der Waals surface area (Å²) in [5.74, 6) is 0. The first-order valence-corrected chi connectivity index (χ1v) is 8.62. The second-order valence-electron chi connectivity index (χ2n) is 7.48. The predicted octanol–water partition coefficient (Wildman–Crippen LogP) is 3.56. The molecule has 1 aromatic rings. The zero-order valence-corrected chi connectivity index (χ0v) is 15.8. The fourth-order valence-electron chi connectivity index (χ4n) is 3.60. The molecule has 0 aliphatic carbocycles. The molecule has 22 heavy (non-hydrogen) atoms. The third-order valence-corrected chi connectivity index (χ3v) is 4.44. The van der Waals surface area contributed by atoms with Crippen molar-refractivity contribution in [2.75, 3.05) is 5.32 Å². The van der Waals surface area contributed by atoms with Gasteiger partial charge in [0.25, 0.3) is 0 Å². The Balaban J connectivity index is 1.99. The third-order valence-electron chi connectivity index (χ3n) is 3.78. The minimum atomic E-state index is 0.203. The summed E-state index contributed by atoms with van der Waals surface area (Å²) < 4.78 is 0. The van der Waals surface area contributed by atoms with Crippen molar-refractivity contribution in [2.45, 2.75) is 57.7 Å². The Labute approximate surface area is 148 Å². The lowest BCUT2D eigenvalue weighted by Gasteiger charge is -2.43. The number of thiocarbonyl (C=S) groups is 1. The second kappa shape index (κ2) is 6.52. The molecule has 1 saturated heterocycles. The SMILES string of the molecule is CC1(C)CC(NC(=S)Nc2cc(Cl)cc(Cl)c2)CC(C)(C)[NH2+]1. The lowest BCUT2D eigenvalue weighted by atomic mass is 9.80. The zero-order valence-electron chi connectivity index (χ0n) is 13.5. The molecule has 0 spiro atoms. The van der Waals surface area contributed by atoms with Crippen LogP contribution in [-0.2, 0) is 0 Å². The number of anilines is 1. The van der Waals surface area contributed by atoms with E-state index in [1.54, 1.807) is 6.07 Å². The summed E-state index contributed by atoms with van der Waals surface area (Å²) in [5, 5.41) is 10.8. The Morgan fingerprint density at radius 2 is 1.59 bits per heavy atom. The lowest BCUT2D eigenvalue weighted by molar-refractivity contribution is -0.787. The van der Waals surface area contributed by atoms with Gasteiger partial charge in [-0.3, -0.25) is 0 Å². The van der Waals surface area contributed by atoms with Gasteiger partial charge in [-0.15, -0.1) is 0 Å². The smallest absolute Gasteiger partial charge is 0.171 e. The third kappa shape index (κ3) is 5.27. The molecule has 2 rings (SSSR count). The molecule has 0 aromatic heterocycles. The number of hydrogen-bond acceptors (Lipinski definition) is 1. The molecule has 1 heterocycles. The first-order chi connectivity index (χ1) is 10.0. The van der Waals surface area contributed by atoms with Crippen LogP contribution >= 0.6 is 35.4 Å². The topological polar surface area (TPSA) is 40.7 Å². The van der Waals surface area contributed by atoms with Gasteiger partial charge < -0.3 is 16.0 Å². The van der Waals surface area contributed by atoms with Crippen LogP contribution in [0.1, 0.15) is 40.5 Å². The quantitative estimate of drug-likeness (QED) is 0.706. The Hall–Kier alpha value is -0.550. The van der Waals surface area contributed by atoms with Crippen LogP contribution in [0.15, 0.2) is 18.2 Å². The normalized spacial score (nSPS) is 20.5. The first kappa shape index (κ1) is 17.8. The van der Waals surface area contributed by atoms with Gasteiger partial charge in [0.05, 0.1) is 11.1 Å². The van der Waals surface area contributed by atoms with E-state index in [9.17, 15) is 0 Å². The van der Waals surface area contributed by atoms with E-state index in [0.29, 0.717) is 21.2 Å². The molecule has 0 bridgehead atoms. The fraction of sp³-hybridized carbons (Fsp3) is 0.562. The molecule has 0 radical (unpaired) electrons. The standard InChI is InChI=1S/C16H23Cl2N3S/c1-15(2)8-13(9-16(3,4)21-15)20-14(22)19-12-6-10(17)5-11(18)7-12/h5-7,13,21H,8-9H2,1-4H3,(H2,19,20,22)/p+1. The molecule has 122 valence electrons. The minimum absolute atomic E-state index is 0.203. The van der Waals surface area contributed by atoms with Crippen molar-refractivity contribution < 1.29 is 5.32 Å². The van der Waals surface area contributed by atoms with Gasteiger partial charge in [-0.1, -0.05) is 23.2 Å². The van der Waals surface area contributed by atoms with Crippen molar-refractivity contribution in [3.8, 4) is 0 Å². The summed E-state index contributed by atoms with van der Waals surface area (Å²) in [4.78, 5) is 0. The minimum Gasteiger partial charge on any atom is -0.359 e. The summed E-state index contributed by atoms with van der Waals surface area (Å²) in [5.41, 5.74) is 1.21. The highest BCUT2D eigenvalue weighted by Crippen LogP contribution is 2.24. The molecule has 1 aliphatic rings. The number of rotatable bonds is 2. The molecule has 1 fully saturated rings. The Morgan fingerprint density at radius 3 is 2.09 bits per heavy atom. The van der Waals surface area contributed by atoms with Gasteiger partial charge in [0, 0.05) is 34.6 Å².